The summed E-state index contributed by atoms with van der Waals surface area (Å²) in [5, 5.41) is 3.00. The van der Waals surface area contributed by atoms with Crippen molar-refractivity contribution in [2.45, 2.75) is 25.8 Å². The molecule has 1 aromatic rings. The lowest BCUT2D eigenvalue weighted by atomic mass is 10.2. The fourth-order valence-corrected chi connectivity index (χ4v) is 2.34. The van der Waals surface area contributed by atoms with E-state index >= 15 is 0 Å². The third-order valence-electron chi connectivity index (χ3n) is 3.32. The number of nitrogens with zero attached hydrogens (tertiary/aromatic N) is 2. The summed E-state index contributed by atoms with van der Waals surface area (Å²) in [4.78, 5) is 18.4. The van der Waals surface area contributed by atoms with E-state index in [9.17, 15) is 4.79 Å². The Hall–Kier alpha value is -1.62. The number of nitrogens with one attached hydrogen (secondary N) is 1. The van der Waals surface area contributed by atoms with Crippen LogP contribution < -0.4 is 10.1 Å². The first-order valence-electron chi connectivity index (χ1n) is 6.72. The normalized spacial score (nSPS) is 17.2. The molecule has 1 aliphatic heterocycles. The van der Waals surface area contributed by atoms with Gasteiger partial charge in [0.1, 0.15) is 0 Å². The topological polar surface area (TPSA) is 54.5 Å². The molecular formula is C14H21N3O2. The number of pyridine rings is 1. The number of methoxy groups -OCH3 is 1. The lowest BCUT2D eigenvalue weighted by molar-refractivity contribution is 0.0931. The number of hydrogen-bond acceptors (Lipinski definition) is 4. The minimum Gasteiger partial charge on any atom is -0.481 e. The zero-order valence-electron chi connectivity index (χ0n) is 11.6. The summed E-state index contributed by atoms with van der Waals surface area (Å²) in [6.07, 6.45) is 4.07. The summed E-state index contributed by atoms with van der Waals surface area (Å²) in [6.45, 7) is 5.23. The Balaban J connectivity index is 1.84. The van der Waals surface area contributed by atoms with Crippen LogP contribution in [-0.4, -0.2) is 48.6 Å². The number of amides is 1. The average Bonchev–Trinajstić information content (AvgIpc) is 2.91. The fourth-order valence-electron chi connectivity index (χ4n) is 2.34. The van der Waals surface area contributed by atoms with E-state index < -0.39 is 0 Å². The van der Waals surface area contributed by atoms with Crippen molar-refractivity contribution in [1.82, 2.24) is 15.2 Å². The van der Waals surface area contributed by atoms with Crippen molar-refractivity contribution >= 4 is 5.91 Å². The second-order valence-electron chi connectivity index (χ2n) is 4.97. The summed E-state index contributed by atoms with van der Waals surface area (Å²) in [5.74, 6) is 0.434. The summed E-state index contributed by atoms with van der Waals surface area (Å²) in [6, 6.07) is 3.57. The van der Waals surface area contributed by atoms with E-state index in [0.29, 0.717) is 11.4 Å². The molecular weight excluding hydrogens is 242 g/mol. The van der Waals surface area contributed by atoms with Gasteiger partial charge in [-0.1, -0.05) is 0 Å². The molecule has 0 unspecified atom stereocenters. The summed E-state index contributed by atoms with van der Waals surface area (Å²) < 4.78 is 4.97. The molecule has 5 heteroatoms. The summed E-state index contributed by atoms with van der Waals surface area (Å²) >= 11 is 0. The smallest absolute Gasteiger partial charge is 0.253 e. The molecule has 19 heavy (non-hydrogen) atoms. The Kier molecular flexibility index (Phi) is 4.74. The molecule has 1 atom stereocenters. The number of hydrogen-bond donors (Lipinski definition) is 1. The highest BCUT2D eigenvalue weighted by Crippen LogP contribution is 2.09. The van der Waals surface area contributed by atoms with Crippen LogP contribution in [0.25, 0.3) is 0 Å². The van der Waals surface area contributed by atoms with Gasteiger partial charge in [-0.05, 0) is 38.9 Å². The molecule has 104 valence electrons. The highest BCUT2D eigenvalue weighted by Gasteiger charge is 2.16. The molecule has 2 heterocycles. The standard InChI is InChI=1S/C14H21N3O2/c1-11(10-17-7-3-4-8-17)16-14(18)12-5-6-13(19-2)15-9-12/h5-6,9,11H,3-4,7-8,10H2,1-2H3,(H,16,18)/t11-/m0/s1. The van der Waals surface area contributed by atoms with Gasteiger partial charge in [0.15, 0.2) is 0 Å². The predicted molar refractivity (Wildman–Crippen MR) is 73.4 cm³/mol. The molecule has 1 saturated heterocycles. The maximum atomic E-state index is 12.0. The Morgan fingerprint density at radius 3 is 2.79 bits per heavy atom. The van der Waals surface area contributed by atoms with Crippen molar-refractivity contribution in [1.29, 1.82) is 0 Å². The number of carbonyl (C=O) groups excluding carboxylic acids is 1. The third kappa shape index (κ3) is 3.92. The number of rotatable bonds is 5. The second kappa shape index (κ2) is 6.52. The van der Waals surface area contributed by atoms with Crippen molar-refractivity contribution < 1.29 is 9.53 Å². The molecule has 2 rings (SSSR count). The number of carbonyl (C=O) groups is 1. The van der Waals surface area contributed by atoms with Gasteiger partial charge in [-0.15, -0.1) is 0 Å². The molecule has 5 nitrogen and oxygen atoms in total. The lowest BCUT2D eigenvalue weighted by Crippen LogP contribution is -2.41. The molecule has 1 N–H and O–H groups in total. The third-order valence-corrected chi connectivity index (χ3v) is 3.32. The first kappa shape index (κ1) is 13.8. The van der Waals surface area contributed by atoms with Gasteiger partial charge in [-0.3, -0.25) is 4.79 Å². The zero-order chi connectivity index (χ0) is 13.7. The van der Waals surface area contributed by atoms with E-state index in [1.807, 2.05) is 6.92 Å². The van der Waals surface area contributed by atoms with Gasteiger partial charge in [0.05, 0.1) is 12.7 Å². The van der Waals surface area contributed by atoms with Crippen LogP contribution in [-0.2, 0) is 0 Å². The molecule has 1 fully saturated rings. The minimum absolute atomic E-state index is 0.0816. The van der Waals surface area contributed by atoms with Crippen LogP contribution >= 0.6 is 0 Å². The summed E-state index contributed by atoms with van der Waals surface area (Å²) in [7, 11) is 1.56. The molecule has 1 aliphatic rings. The maximum absolute atomic E-state index is 12.0. The van der Waals surface area contributed by atoms with Crippen molar-refractivity contribution in [3.8, 4) is 5.88 Å². The first-order valence-corrected chi connectivity index (χ1v) is 6.72. The van der Waals surface area contributed by atoms with Crippen molar-refractivity contribution in [3.63, 3.8) is 0 Å². The molecule has 0 spiro atoms. The van der Waals surface area contributed by atoms with Crippen LogP contribution in [0, 0.1) is 0 Å². The monoisotopic (exact) mass is 263 g/mol. The quantitative estimate of drug-likeness (QED) is 0.870. The van der Waals surface area contributed by atoms with Crippen LogP contribution in [0.2, 0.25) is 0 Å². The van der Waals surface area contributed by atoms with Gasteiger partial charge < -0.3 is 15.0 Å². The van der Waals surface area contributed by atoms with Gasteiger partial charge in [0, 0.05) is 24.8 Å². The van der Waals surface area contributed by atoms with E-state index in [1.54, 1.807) is 19.2 Å². The predicted octanol–water partition coefficient (Wildman–Crippen LogP) is 1.30. The van der Waals surface area contributed by atoms with Crippen LogP contribution in [0.5, 0.6) is 5.88 Å². The van der Waals surface area contributed by atoms with Crippen LogP contribution in [0.4, 0.5) is 0 Å². The van der Waals surface area contributed by atoms with Gasteiger partial charge >= 0.3 is 0 Å². The highest BCUT2D eigenvalue weighted by molar-refractivity contribution is 5.94. The molecule has 0 aromatic carbocycles. The number of ether oxygens (including phenoxy) is 1. The van der Waals surface area contributed by atoms with E-state index in [-0.39, 0.29) is 11.9 Å². The molecule has 0 aliphatic carbocycles. The van der Waals surface area contributed by atoms with Crippen molar-refractivity contribution in [2.75, 3.05) is 26.7 Å². The lowest BCUT2D eigenvalue weighted by Gasteiger charge is -2.21. The van der Waals surface area contributed by atoms with E-state index in [1.165, 1.54) is 19.0 Å². The highest BCUT2D eigenvalue weighted by atomic mass is 16.5. The molecule has 1 aromatic heterocycles. The fraction of sp³-hybridized carbons (Fsp3) is 0.571. The van der Waals surface area contributed by atoms with Crippen LogP contribution in [0.1, 0.15) is 30.1 Å². The zero-order valence-corrected chi connectivity index (χ0v) is 11.6. The minimum atomic E-state index is -0.0816. The molecule has 1 amide bonds. The van der Waals surface area contributed by atoms with Gasteiger partial charge in [-0.25, -0.2) is 4.98 Å². The Labute approximate surface area is 114 Å². The van der Waals surface area contributed by atoms with Gasteiger partial charge in [0.25, 0.3) is 5.91 Å². The van der Waals surface area contributed by atoms with Crippen molar-refractivity contribution in [2.24, 2.45) is 0 Å². The Bertz CT molecular complexity index is 413. The summed E-state index contributed by atoms with van der Waals surface area (Å²) in [5.41, 5.74) is 0.564. The van der Waals surface area contributed by atoms with Crippen LogP contribution in [0.15, 0.2) is 18.3 Å². The van der Waals surface area contributed by atoms with E-state index in [2.05, 4.69) is 15.2 Å². The van der Waals surface area contributed by atoms with E-state index in [4.69, 9.17) is 4.74 Å². The number of aromatic nitrogens is 1. The SMILES string of the molecule is COc1ccc(C(=O)N[C@@H](C)CN2CCCC2)cn1. The average molecular weight is 263 g/mol. The first-order chi connectivity index (χ1) is 9.19. The largest absolute Gasteiger partial charge is 0.481 e. The van der Waals surface area contributed by atoms with Crippen LogP contribution in [0.3, 0.4) is 0 Å². The van der Waals surface area contributed by atoms with E-state index in [0.717, 1.165) is 19.6 Å². The Morgan fingerprint density at radius 2 is 2.21 bits per heavy atom. The number of likely N-dealkylation sites (tertiary alicyclic amines) is 1. The molecule has 0 saturated carbocycles. The Morgan fingerprint density at radius 1 is 1.47 bits per heavy atom. The van der Waals surface area contributed by atoms with Crippen molar-refractivity contribution in [3.05, 3.63) is 23.9 Å². The molecule has 0 radical (unpaired) electrons. The maximum Gasteiger partial charge on any atom is 0.253 e. The molecule has 0 bridgehead atoms. The van der Waals surface area contributed by atoms with Gasteiger partial charge in [-0.2, -0.15) is 0 Å². The second-order valence-corrected chi connectivity index (χ2v) is 4.97. The van der Waals surface area contributed by atoms with Gasteiger partial charge in [0.2, 0.25) is 5.88 Å².